The van der Waals surface area contributed by atoms with Crippen LogP contribution in [0.1, 0.15) is 19.3 Å². The van der Waals surface area contributed by atoms with Crippen LogP contribution in [0.5, 0.6) is 0 Å². The monoisotopic (exact) mass is 340 g/mol. The molecule has 4 aromatic rings. The lowest BCUT2D eigenvalue weighted by atomic mass is 9.93. The maximum atomic E-state index is 4.53. The summed E-state index contributed by atoms with van der Waals surface area (Å²) in [5.74, 6) is 0. The standard InChI is InChI=1S/C22H20N4/c1-2-5-16(6-3-1)21-13-17-14-23-15-24-22(17)26(21)20-11-9-19(10-12-20)25-18-7-4-8-18/h1-3,5-6,9-15,18,25H,4,7-8H2. The summed E-state index contributed by atoms with van der Waals surface area (Å²) in [4.78, 5) is 8.72. The number of rotatable bonds is 4. The van der Waals surface area contributed by atoms with Crippen LogP contribution in [-0.4, -0.2) is 20.6 Å². The molecule has 0 radical (unpaired) electrons. The highest BCUT2D eigenvalue weighted by Gasteiger charge is 2.17. The average molecular weight is 340 g/mol. The second kappa shape index (κ2) is 6.30. The second-order valence-corrected chi connectivity index (χ2v) is 6.85. The summed E-state index contributed by atoms with van der Waals surface area (Å²) in [6.07, 6.45) is 7.38. The summed E-state index contributed by atoms with van der Waals surface area (Å²) < 4.78 is 2.21. The highest BCUT2D eigenvalue weighted by Crippen LogP contribution is 2.31. The molecule has 1 fully saturated rings. The lowest BCUT2D eigenvalue weighted by Gasteiger charge is -2.27. The van der Waals surface area contributed by atoms with E-state index in [2.05, 4.69) is 74.4 Å². The molecular formula is C22H20N4. The fourth-order valence-corrected chi connectivity index (χ4v) is 3.53. The van der Waals surface area contributed by atoms with Gasteiger partial charge in [-0.05, 0) is 55.2 Å². The number of nitrogens with one attached hydrogen (secondary N) is 1. The van der Waals surface area contributed by atoms with Gasteiger partial charge in [0, 0.05) is 29.0 Å². The van der Waals surface area contributed by atoms with Crippen LogP contribution in [-0.2, 0) is 0 Å². The Kier molecular flexibility index (Phi) is 3.67. The summed E-state index contributed by atoms with van der Waals surface area (Å²) in [5.41, 5.74) is 5.52. The predicted molar refractivity (Wildman–Crippen MR) is 106 cm³/mol. The van der Waals surface area contributed by atoms with Gasteiger partial charge >= 0.3 is 0 Å². The summed E-state index contributed by atoms with van der Waals surface area (Å²) >= 11 is 0. The van der Waals surface area contributed by atoms with E-state index < -0.39 is 0 Å². The van der Waals surface area contributed by atoms with Crippen LogP contribution in [0.25, 0.3) is 28.0 Å². The fraction of sp³-hybridized carbons (Fsp3) is 0.182. The van der Waals surface area contributed by atoms with Crippen LogP contribution in [0.4, 0.5) is 5.69 Å². The summed E-state index contributed by atoms with van der Waals surface area (Å²) in [5, 5.41) is 4.64. The average Bonchev–Trinajstić information content (AvgIpc) is 3.05. The summed E-state index contributed by atoms with van der Waals surface area (Å²) in [7, 11) is 0. The largest absolute Gasteiger partial charge is 0.382 e. The topological polar surface area (TPSA) is 42.7 Å². The first-order valence-corrected chi connectivity index (χ1v) is 9.12. The smallest absolute Gasteiger partial charge is 0.148 e. The first-order valence-electron chi connectivity index (χ1n) is 9.12. The van der Waals surface area contributed by atoms with Crippen molar-refractivity contribution < 1.29 is 0 Å². The number of anilines is 1. The Morgan fingerprint density at radius 2 is 1.77 bits per heavy atom. The molecular weight excluding hydrogens is 320 g/mol. The molecule has 1 saturated carbocycles. The van der Waals surface area contributed by atoms with E-state index in [9.17, 15) is 0 Å². The molecule has 1 aliphatic rings. The van der Waals surface area contributed by atoms with Crippen LogP contribution in [0, 0.1) is 0 Å². The van der Waals surface area contributed by atoms with E-state index in [0.717, 1.165) is 22.4 Å². The Hall–Kier alpha value is -3.14. The number of aromatic nitrogens is 3. The van der Waals surface area contributed by atoms with Crippen molar-refractivity contribution in [3.05, 3.63) is 73.2 Å². The van der Waals surface area contributed by atoms with Crippen molar-refractivity contribution in [3.63, 3.8) is 0 Å². The van der Waals surface area contributed by atoms with Crippen LogP contribution in [0.3, 0.4) is 0 Å². The van der Waals surface area contributed by atoms with Gasteiger partial charge in [0.25, 0.3) is 0 Å². The molecule has 2 heterocycles. The van der Waals surface area contributed by atoms with E-state index in [1.807, 2.05) is 12.3 Å². The lowest BCUT2D eigenvalue weighted by molar-refractivity contribution is 0.445. The number of hydrogen-bond donors (Lipinski definition) is 1. The molecule has 1 N–H and O–H groups in total. The molecule has 0 aliphatic heterocycles. The zero-order chi connectivity index (χ0) is 17.3. The first-order chi connectivity index (χ1) is 12.9. The maximum absolute atomic E-state index is 4.53. The first kappa shape index (κ1) is 15.1. The van der Waals surface area contributed by atoms with E-state index in [4.69, 9.17) is 0 Å². The third kappa shape index (κ3) is 2.64. The SMILES string of the molecule is c1ccc(-c2cc3cncnc3n2-c2ccc(NC3CCC3)cc2)cc1. The minimum atomic E-state index is 0.640. The molecule has 0 spiro atoms. The molecule has 4 heteroatoms. The van der Waals surface area contributed by atoms with E-state index in [1.54, 1.807) is 6.33 Å². The number of benzene rings is 2. The molecule has 0 bridgehead atoms. The van der Waals surface area contributed by atoms with Gasteiger partial charge in [0.15, 0.2) is 0 Å². The van der Waals surface area contributed by atoms with Gasteiger partial charge < -0.3 is 5.32 Å². The zero-order valence-electron chi connectivity index (χ0n) is 14.5. The molecule has 0 amide bonds. The van der Waals surface area contributed by atoms with Crippen molar-refractivity contribution in [2.24, 2.45) is 0 Å². The third-order valence-electron chi connectivity index (χ3n) is 5.13. The minimum Gasteiger partial charge on any atom is -0.382 e. The van der Waals surface area contributed by atoms with Gasteiger partial charge in [-0.25, -0.2) is 9.97 Å². The predicted octanol–water partition coefficient (Wildman–Crippen LogP) is 5.05. The molecule has 2 aromatic heterocycles. The second-order valence-electron chi connectivity index (χ2n) is 6.85. The van der Waals surface area contributed by atoms with Crippen molar-refractivity contribution in [2.45, 2.75) is 25.3 Å². The van der Waals surface area contributed by atoms with E-state index >= 15 is 0 Å². The summed E-state index contributed by atoms with van der Waals surface area (Å²) in [6, 6.07) is 21.9. The van der Waals surface area contributed by atoms with Gasteiger partial charge in [0.05, 0.1) is 5.69 Å². The van der Waals surface area contributed by atoms with Gasteiger partial charge in [0.2, 0.25) is 0 Å². The van der Waals surface area contributed by atoms with Crippen molar-refractivity contribution in [1.29, 1.82) is 0 Å². The van der Waals surface area contributed by atoms with Crippen molar-refractivity contribution >= 4 is 16.7 Å². The Bertz CT molecular complexity index is 1030. The molecule has 0 saturated heterocycles. The van der Waals surface area contributed by atoms with Gasteiger partial charge in [0.1, 0.15) is 12.0 Å². The van der Waals surface area contributed by atoms with Crippen molar-refractivity contribution in [3.8, 4) is 16.9 Å². The molecule has 5 rings (SSSR count). The highest BCUT2D eigenvalue weighted by atomic mass is 15.1. The Morgan fingerprint density at radius 3 is 2.50 bits per heavy atom. The molecule has 1 aliphatic carbocycles. The molecule has 26 heavy (non-hydrogen) atoms. The molecule has 4 nitrogen and oxygen atoms in total. The van der Waals surface area contributed by atoms with Gasteiger partial charge in [-0.2, -0.15) is 0 Å². The quantitative estimate of drug-likeness (QED) is 0.565. The van der Waals surface area contributed by atoms with Crippen LogP contribution < -0.4 is 5.32 Å². The van der Waals surface area contributed by atoms with Crippen LogP contribution >= 0.6 is 0 Å². The normalized spacial score (nSPS) is 14.3. The third-order valence-corrected chi connectivity index (χ3v) is 5.13. The Labute approximate surface area is 152 Å². The minimum absolute atomic E-state index is 0.640. The van der Waals surface area contributed by atoms with E-state index in [0.29, 0.717) is 6.04 Å². The zero-order valence-corrected chi connectivity index (χ0v) is 14.5. The van der Waals surface area contributed by atoms with Gasteiger partial charge in [-0.15, -0.1) is 0 Å². The number of nitrogens with zero attached hydrogens (tertiary/aromatic N) is 3. The maximum Gasteiger partial charge on any atom is 0.148 e. The summed E-state index contributed by atoms with van der Waals surface area (Å²) in [6.45, 7) is 0. The number of hydrogen-bond acceptors (Lipinski definition) is 3. The molecule has 2 aromatic carbocycles. The van der Waals surface area contributed by atoms with Gasteiger partial charge in [-0.1, -0.05) is 30.3 Å². The van der Waals surface area contributed by atoms with Crippen LogP contribution in [0.15, 0.2) is 73.2 Å². The fourth-order valence-electron chi connectivity index (χ4n) is 3.53. The van der Waals surface area contributed by atoms with Crippen molar-refractivity contribution in [1.82, 2.24) is 14.5 Å². The Balaban J connectivity index is 1.61. The Morgan fingerprint density at radius 1 is 0.962 bits per heavy atom. The van der Waals surface area contributed by atoms with E-state index in [1.165, 1.54) is 30.5 Å². The van der Waals surface area contributed by atoms with Crippen molar-refractivity contribution in [2.75, 3.05) is 5.32 Å². The molecule has 128 valence electrons. The lowest BCUT2D eigenvalue weighted by Crippen LogP contribution is -2.26. The van der Waals surface area contributed by atoms with Gasteiger partial charge in [-0.3, -0.25) is 4.57 Å². The highest BCUT2D eigenvalue weighted by molar-refractivity contribution is 5.86. The van der Waals surface area contributed by atoms with Crippen LogP contribution in [0.2, 0.25) is 0 Å². The van der Waals surface area contributed by atoms with E-state index in [-0.39, 0.29) is 0 Å². The molecule has 0 atom stereocenters. The number of fused-ring (bicyclic) bond motifs is 1. The molecule has 0 unspecified atom stereocenters.